The molecule has 0 bridgehead atoms. The molecule has 1 rings (SSSR count). The van der Waals surface area contributed by atoms with Gasteiger partial charge in [-0.15, -0.1) is 3.89 Å². The predicted octanol–water partition coefficient (Wildman–Crippen LogP) is 1.56. The van der Waals surface area contributed by atoms with Crippen LogP contribution >= 0.6 is 0 Å². The van der Waals surface area contributed by atoms with Gasteiger partial charge in [0, 0.05) is 11.6 Å². The van der Waals surface area contributed by atoms with Gasteiger partial charge in [0.1, 0.15) is 0 Å². The molecule has 1 aromatic carbocycles. The maximum atomic E-state index is 12.4. The van der Waals surface area contributed by atoms with Crippen molar-refractivity contribution in [2.24, 2.45) is 0 Å². The second-order valence-electron chi connectivity index (χ2n) is 2.64. The van der Waals surface area contributed by atoms with Crippen molar-refractivity contribution < 1.29 is 17.2 Å². The van der Waals surface area contributed by atoms with E-state index in [0.717, 1.165) is 18.2 Å². The van der Waals surface area contributed by atoms with E-state index < -0.39 is 20.0 Å². The lowest BCUT2D eigenvalue weighted by Crippen LogP contribution is -1.96. The van der Waals surface area contributed by atoms with Crippen LogP contribution in [0.15, 0.2) is 23.1 Å². The maximum absolute atomic E-state index is 12.4. The number of aryl methyl sites for hydroxylation is 1. The van der Waals surface area contributed by atoms with Crippen molar-refractivity contribution in [2.75, 3.05) is 0 Å². The molecule has 0 fully saturated rings. The molecule has 0 unspecified atom stereocenters. The minimum atomic E-state index is -4.79. The molecule has 0 spiro atoms. The molecule has 0 radical (unpaired) electrons. The number of benzene rings is 1. The van der Waals surface area contributed by atoms with Crippen molar-refractivity contribution in [2.45, 2.75) is 11.8 Å². The summed E-state index contributed by atoms with van der Waals surface area (Å²) in [6, 6.07) is 2.75. The van der Waals surface area contributed by atoms with Crippen molar-refractivity contribution in [1.82, 2.24) is 0 Å². The summed E-state index contributed by atoms with van der Waals surface area (Å²) in [4.78, 5) is 9.11. The molecule has 0 heterocycles. The third-order valence-electron chi connectivity index (χ3n) is 1.65. The van der Waals surface area contributed by atoms with Crippen molar-refractivity contribution in [3.8, 4) is 0 Å². The van der Waals surface area contributed by atoms with E-state index in [9.17, 15) is 22.4 Å². The van der Waals surface area contributed by atoms with Crippen LogP contribution in [-0.4, -0.2) is 13.3 Å². The second-order valence-corrected chi connectivity index (χ2v) is 3.99. The maximum Gasteiger partial charge on any atom is 0.332 e. The number of hydrogen-bond donors (Lipinski definition) is 0. The fraction of sp³-hybridized carbons (Fsp3) is 0.143. The van der Waals surface area contributed by atoms with Gasteiger partial charge in [0.2, 0.25) is 0 Å². The van der Waals surface area contributed by atoms with Gasteiger partial charge in [-0.2, -0.15) is 8.42 Å². The summed E-state index contributed by atoms with van der Waals surface area (Å²) >= 11 is 0. The van der Waals surface area contributed by atoms with Gasteiger partial charge in [0.05, 0.1) is 9.82 Å². The predicted molar refractivity (Wildman–Crippen MR) is 46.1 cm³/mol. The van der Waals surface area contributed by atoms with E-state index in [0.29, 0.717) is 0 Å². The lowest BCUT2D eigenvalue weighted by Gasteiger charge is -1.98. The van der Waals surface area contributed by atoms with Gasteiger partial charge in [-0.1, -0.05) is 0 Å². The number of nitro benzene ring substituents is 1. The van der Waals surface area contributed by atoms with E-state index in [1.807, 2.05) is 0 Å². The summed E-state index contributed by atoms with van der Waals surface area (Å²) in [5.41, 5.74) is -0.133. The third kappa shape index (κ3) is 2.05. The first kappa shape index (κ1) is 10.6. The molecule has 14 heavy (non-hydrogen) atoms. The van der Waals surface area contributed by atoms with Gasteiger partial charge >= 0.3 is 10.2 Å². The van der Waals surface area contributed by atoms with Crippen LogP contribution in [-0.2, 0) is 10.2 Å². The highest BCUT2D eigenvalue weighted by molar-refractivity contribution is 7.86. The smallest absolute Gasteiger partial charge is 0.258 e. The van der Waals surface area contributed by atoms with E-state index in [-0.39, 0.29) is 11.3 Å². The molecule has 1 aromatic rings. The largest absolute Gasteiger partial charge is 0.332 e. The van der Waals surface area contributed by atoms with Gasteiger partial charge in [0.25, 0.3) is 5.69 Å². The molecule has 0 saturated carbocycles. The van der Waals surface area contributed by atoms with E-state index >= 15 is 0 Å². The van der Waals surface area contributed by atoms with E-state index in [1.54, 1.807) is 0 Å². The quantitative estimate of drug-likeness (QED) is 0.429. The molecule has 0 aliphatic carbocycles. The van der Waals surface area contributed by atoms with Gasteiger partial charge in [-0.25, -0.2) is 0 Å². The van der Waals surface area contributed by atoms with Gasteiger partial charge < -0.3 is 0 Å². The van der Waals surface area contributed by atoms with Crippen LogP contribution < -0.4 is 0 Å². The normalized spacial score (nSPS) is 11.3. The number of rotatable bonds is 2. The Labute approximate surface area is 79.5 Å². The molecular weight excluding hydrogens is 213 g/mol. The van der Waals surface area contributed by atoms with Crippen LogP contribution in [0.3, 0.4) is 0 Å². The Morgan fingerprint density at radius 1 is 1.43 bits per heavy atom. The fourth-order valence-corrected chi connectivity index (χ4v) is 1.53. The standard InChI is InChI=1S/C7H6FNO4S/c1-5-4-6(14(8,12)13)2-3-7(5)9(10)11/h2-4H,1H3. The Hall–Kier alpha value is -1.50. The summed E-state index contributed by atoms with van der Waals surface area (Å²) in [7, 11) is -4.79. The Balaban J connectivity index is 3.34. The van der Waals surface area contributed by atoms with E-state index in [4.69, 9.17) is 0 Å². The highest BCUT2D eigenvalue weighted by Gasteiger charge is 2.16. The van der Waals surface area contributed by atoms with Crippen molar-refractivity contribution in [1.29, 1.82) is 0 Å². The topological polar surface area (TPSA) is 77.3 Å². The van der Waals surface area contributed by atoms with Gasteiger partial charge in [0.15, 0.2) is 0 Å². The SMILES string of the molecule is Cc1cc(S(=O)(=O)F)ccc1[N+](=O)[O-]. The molecule has 0 atom stereocenters. The summed E-state index contributed by atoms with van der Waals surface area (Å²) in [6.45, 7) is 1.34. The fourth-order valence-electron chi connectivity index (χ4n) is 0.984. The van der Waals surface area contributed by atoms with Crippen LogP contribution in [0.5, 0.6) is 0 Å². The van der Waals surface area contributed by atoms with Crippen LogP contribution in [0.4, 0.5) is 9.57 Å². The first-order chi connectivity index (χ1) is 6.32. The molecule has 5 nitrogen and oxygen atoms in total. The molecule has 76 valence electrons. The highest BCUT2D eigenvalue weighted by Crippen LogP contribution is 2.22. The van der Waals surface area contributed by atoms with Crippen molar-refractivity contribution >= 4 is 15.9 Å². The summed E-state index contributed by atoms with van der Waals surface area (Å²) < 4.78 is 33.3. The highest BCUT2D eigenvalue weighted by atomic mass is 32.3. The lowest BCUT2D eigenvalue weighted by molar-refractivity contribution is -0.385. The Kier molecular flexibility index (Phi) is 2.52. The van der Waals surface area contributed by atoms with Gasteiger partial charge in [-0.3, -0.25) is 10.1 Å². The monoisotopic (exact) mass is 219 g/mol. The minimum absolute atomic E-state index is 0.105. The number of halogens is 1. The molecule has 0 aliphatic heterocycles. The van der Waals surface area contributed by atoms with Crippen LogP contribution in [0.1, 0.15) is 5.56 Å². The average molecular weight is 219 g/mol. The Morgan fingerprint density at radius 3 is 2.36 bits per heavy atom. The van der Waals surface area contributed by atoms with E-state index in [2.05, 4.69) is 0 Å². The zero-order valence-electron chi connectivity index (χ0n) is 7.10. The summed E-state index contributed by atoms with van der Waals surface area (Å²) in [5.74, 6) is 0. The summed E-state index contributed by atoms with van der Waals surface area (Å²) in [6.07, 6.45) is 0. The van der Waals surface area contributed by atoms with Crippen molar-refractivity contribution in [3.05, 3.63) is 33.9 Å². The molecule has 0 N–H and O–H groups in total. The van der Waals surface area contributed by atoms with Crippen LogP contribution in [0.25, 0.3) is 0 Å². The molecule has 0 aromatic heterocycles. The van der Waals surface area contributed by atoms with Crippen LogP contribution in [0.2, 0.25) is 0 Å². The number of nitrogens with zero attached hydrogens (tertiary/aromatic N) is 1. The zero-order chi connectivity index (χ0) is 10.9. The van der Waals surface area contributed by atoms with Crippen LogP contribution in [0, 0.1) is 17.0 Å². The Morgan fingerprint density at radius 2 is 2.00 bits per heavy atom. The van der Waals surface area contributed by atoms with E-state index in [1.165, 1.54) is 6.92 Å². The lowest BCUT2D eigenvalue weighted by atomic mass is 10.2. The minimum Gasteiger partial charge on any atom is -0.258 e. The molecule has 0 amide bonds. The zero-order valence-corrected chi connectivity index (χ0v) is 7.91. The van der Waals surface area contributed by atoms with Crippen molar-refractivity contribution in [3.63, 3.8) is 0 Å². The Bertz CT molecular complexity index is 482. The molecule has 7 heteroatoms. The number of nitro groups is 1. The molecular formula is C7H6FNO4S. The first-order valence-corrected chi connectivity index (χ1v) is 4.90. The molecule has 0 saturated heterocycles. The number of hydrogen-bond acceptors (Lipinski definition) is 4. The molecule has 0 aliphatic rings. The second kappa shape index (κ2) is 3.33. The third-order valence-corrected chi connectivity index (χ3v) is 2.46. The summed E-state index contributed by atoms with van der Waals surface area (Å²) in [5, 5.41) is 10.3. The average Bonchev–Trinajstić information content (AvgIpc) is 2.01. The first-order valence-electron chi connectivity index (χ1n) is 3.52. The van der Waals surface area contributed by atoms with Gasteiger partial charge in [-0.05, 0) is 19.1 Å².